The fraction of sp³-hybridized carbons (Fsp3) is 0.706. The summed E-state index contributed by atoms with van der Waals surface area (Å²) in [5.74, 6) is 2.56. The molecule has 3 heterocycles. The lowest BCUT2D eigenvalue weighted by Gasteiger charge is -2.34. The van der Waals surface area contributed by atoms with Crippen molar-refractivity contribution < 1.29 is 9.90 Å². The quantitative estimate of drug-likeness (QED) is 0.922. The molecule has 1 unspecified atom stereocenters. The Morgan fingerprint density at radius 3 is 2.39 bits per heavy atom. The summed E-state index contributed by atoms with van der Waals surface area (Å²) in [4.78, 5) is 24.9. The summed E-state index contributed by atoms with van der Waals surface area (Å²) in [6, 6.07) is 2.08. The van der Waals surface area contributed by atoms with Crippen molar-refractivity contribution in [1.82, 2.24) is 9.97 Å². The molecule has 0 bridgehead atoms. The van der Waals surface area contributed by atoms with Crippen LogP contribution < -0.4 is 9.80 Å². The van der Waals surface area contributed by atoms with Crippen molar-refractivity contribution >= 4 is 17.6 Å². The van der Waals surface area contributed by atoms with Gasteiger partial charge in [0.25, 0.3) is 0 Å². The second kappa shape index (κ2) is 6.72. The monoisotopic (exact) mass is 318 g/mol. The molecule has 1 N–H and O–H groups in total. The Morgan fingerprint density at radius 2 is 1.78 bits per heavy atom. The van der Waals surface area contributed by atoms with Crippen LogP contribution in [0.1, 0.15) is 38.4 Å². The highest BCUT2D eigenvalue weighted by molar-refractivity contribution is 5.70. The van der Waals surface area contributed by atoms with Crippen LogP contribution in [0.3, 0.4) is 0 Å². The SMILES string of the molecule is Cc1nc(N2CCC(C(=O)O)CC2)cc(N2CCCC(C)C2)n1. The zero-order valence-electron chi connectivity index (χ0n) is 14.0. The molecular weight excluding hydrogens is 292 g/mol. The molecule has 0 saturated carbocycles. The third kappa shape index (κ3) is 3.74. The highest BCUT2D eigenvalue weighted by Gasteiger charge is 2.26. The minimum Gasteiger partial charge on any atom is -0.481 e. The highest BCUT2D eigenvalue weighted by Crippen LogP contribution is 2.27. The van der Waals surface area contributed by atoms with Crippen LogP contribution in [0.2, 0.25) is 0 Å². The van der Waals surface area contributed by atoms with Gasteiger partial charge in [-0.2, -0.15) is 0 Å². The van der Waals surface area contributed by atoms with Crippen LogP contribution in [0.5, 0.6) is 0 Å². The standard InChI is InChI=1S/C17H26N4O2/c1-12-4-3-7-21(11-12)16-10-15(18-13(2)19-16)20-8-5-14(6-9-20)17(22)23/h10,12,14H,3-9,11H2,1-2H3,(H,22,23). The molecule has 2 saturated heterocycles. The van der Waals surface area contributed by atoms with Crippen LogP contribution in [-0.4, -0.2) is 47.2 Å². The number of hydrogen-bond donors (Lipinski definition) is 1. The van der Waals surface area contributed by atoms with E-state index in [4.69, 9.17) is 5.11 Å². The van der Waals surface area contributed by atoms with E-state index in [9.17, 15) is 4.79 Å². The number of carbonyl (C=O) groups is 1. The molecule has 1 atom stereocenters. The van der Waals surface area contributed by atoms with Crippen molar-refractivity contribution in [1.29, 1.82) is 0 Å². The van der Waals surface area contributed by atoms with Crippen LogP contribution in [0.15, 0.2) is 6.07 Å². The van der Waals surface area contributed by atoms with Gasteiger partial charge in [-0.05, 0) is 38.5 Å². The first-order chi connectivity index (χ1) is 11.0. The van der Waals surface area contributed by atoms with Gasteiger partial charge in [0.15, 0.2) is 0 Å². The van der Waals surface area contributed by atoms with E-state index < -0.39 is 5.97 Å². The van der Waals surface area contributed by atoms with Crippen LogP contribution in [0.25, 0.3) is 0 Å². The third-order valence-corrected chi connectivity index (χ3v) is 4.96. The van der Waals surface area contributed by atoms with Crippen LogP contribution in [0, 0.1) is 18.8 Å². The van der Waals surface area contributed by atoms with Crippen LogP contribution >= 0.6 is 0 Å². The van der Waals surface area contributed by atoms with Crippen molar-refractivity contribution in [2.24, 2.45) is 11.8 Å². The second-order valence-electron chi connectivity index (χ2n) is 6.92. The van der Waals surface area contributed by atoms with E-state index in [2.05, 4.69) is 32.8 Å². The number of rotatable bonds is 3. The lowest BCUT2D eigenvalue weighted by molar-refractivity contribution is -0.142. The summed E-state index contributed by atoms with van der Waals surface area (Å²) in [6.45, 7) is 7.84. The number of nitrogens with zero attached hydrogens (tertiary/aromatic N) is 4. The molecule has 1 aromatic heterocycles. The van der Waals surface area contributed by atoms with Crippen molar-refractivity contribution in [2.75, 3.05) is 36.0 Å². The number of aryl methyl sites for hydroxylation is 1. The van der Waals surface area contributed by atoms with Gasteiger partial charge in [-0.15, -0.1) is 0 Å². The first-order valence-corrected chi connectivity index (χ1v) is 8.61. The maximum Gasteiger partial charge on any atom is 0.306 e. The average molecular weight is 318 g/mol. The van der Waals surface area contributed by atoms with Crippen LogP contribution in [-0.2, 0) is 4.79 Å². The topological polar surface area (TPSA) is 69.6 Å². The Bertz CT molecular complexity index is 570. The summed E-state index contributed by atoms with van der Waals surface area (Å²) >= 11 is 0. The highest BCUT2D eigenvalue weighted by atomic mass is 16.4. The predicted molar refractivity (Wildman–Crippen MR) is 90.0 cm³/mol. The van der Waals surface area contributed by atoms with E-state index in [0.29, 0.717) is 18.8 Å². The Hall–Kier alpha value is -1.85. The third-order valence-electron chi connectivity index (χ3n) is 4.96. The molecule has 2 fully saturated rings. The van der Waals surface area contributed by atoms with Crippen molar-refractivity contribution in [2.45, 2.75) is 39.5 Å². The van der Waals surface area contributed by atoms with E-state index in [1.165, 1.54) is 12.8 Å². The number of anilines is 2. The predicted octanol–water partition coefficient (Wildman–Crippen LogP) is 2.32. The van der Waals surface area contributed by atoms with Crippen molar-refractivity contribution in [3.63, 3.8) is 0 Å². The number of hydrogen-bond acceptors (Lipinski definition) is 5. The van der Waals surface area contributed by atoms with Crippen LogP contribution in [0.4, 0.5) is 11.6 Å². The summed E-state index contributed by atoms with van der Waals surface area (Å²) in [7, 11) is 0. The lowest BCUT2D eigenvalue weighted by atomic mass is 9.97. The Balaban J connectivity index is 1.74. The van der Waals surface area contributed by atoms with Gasteiger partial charge in [0.2, 0.25) is 0 Å². The Kier molecular flexibility index (Phi) is 4.68. The second-order valence-corrected chi connectivity index (χ2v) is 6.92. The maximum atomic E-state index is 11.1. The molecule has 2 aliphatic rings. The van der Waals surface area contributed by atoms with Crippen molar-refractivity contribution in [3.05, 3.63) is 11.9 Å². The summed E-state index contributed by atoms with van der Waals surface area (Å²) in [5, 5.41) is 9.13. The summed E-state index contributed by atoms with van der Waals surface area (Å²) in [6.07, 6.45) is 3.88. The molecule has 0 aliphatic carbocycles. The smallest absolute Gasteiger partial charge is 0.306 e. The number of carboxylic acids is 1. The Labute approximate surface area is 137 Å². The molecule has 23 heavy (non-hydrogen) atoms. The first-order valence-electron chi connectivity index (χ1n) is 8.61. The van der Waals surface area contributed by atoms with Gasteiger partial charge in [-0.3, -0.25) is 4.79 Å². The molecule has 0 radical (unpaired) electrons. The van der Waals surface area contributed by atoms with Gasteiger partial charge in [0, 0.05) is 32.2 Å². The maximum absolute atomic E-state index is 11.1. The number of aromatic nitrogens is 2. The van der Waals surface area contributed by atoms with Gasteiger partial charge >= 0.3 is 5.97 Å². The molecule has 6 heteroatoms. The van der Waals surface area contributed by atoms with E-state index in [1.807, 2.05) is 6.92 Å². The van der Waals surface area contributed by atoms with Gasteiger partial charge in [-0.25, -0.2) is 9.97 Å². The van der Waals surface area contributed by atoms with E-state index in [-0.39, 0.29) is 5.92 Å². The van der Waals surface area contributed by atoms with Gasteiger partial charge in [0.05, 0.1) is 5.92 Å². The van der Waals surface area contributed by atoms with Gasteiger partial charge in [-0.1, -0.05) is 6.92 Å². The first kappa shape index (κ1) is 16.0. The van der Waals surface area contributed by atoms with E-state index >= 15 is 0 Å². The van der Waals surface area contributed by atoms with E-state index in [0.717, 1.165) is 43.6 Å². The summed E-state index contributed by atoms with van der Waals surface area (Å²) in [5.41, 5.74) is 0. The fourth-order valence-electron chi connectivity index (χ4n) is 3.61. The molecule has 0 aromatic carbocycles. The molecule has 3 rings (SSSR count). The molecule has 6 nitrogen and oxygen atoms in total. The summed E-state index contributed by atoms with van der Waals surface area (Å²) < 4.78 is 0. The largest absolute Gasteiger partial charge is 0.481 e. The average Bonchev–Trinajstić information content (AvgIpc) is 2.54. The Morgan fingerprint density at radius 1 is 1.13 bits per heavy atom. The zero-order valence-corrected chi connectivity index (χ0v) is 14.0. The van der Waals surface area contributed by atoms with Gasteiger partial charge < -0.3 is 14.9 Å². The fourth-order valence-corrected chi connectivity index (χ4v) is 3.61. The lowest BCUT2D eigenvalue weighted by Crippen LogP contribution is -2.38. The molecule has 1 aromatic rings. The van der Waals surface area contributed by atoms with Gasteiger partial charge in [0.1, 0.15) is 17.5 Å². The minimum atomic E-state index is -0.675. The number of carboxylic acid groups (broad SMARTS) is 1. The molecule has 126 valence electrons. The molecule has 0 amide bonds. The van der Waals surface area contributed by atoms with Crippen molar-refractivity contribution in [3.8, 4) is 0 Å². The van der Waals surface area contributed by atoms with E-state index in [1.54, 1.807) is 0 Å². The molecular formula is C17H26N4O2. The normalized spacial score (nSPS) is 23.1. The minimum absolute atomic E-state index is 0.211. The molecule has 0 spiro atoms. The molecule has 2 aliphatic heterocycles. The number of piperidine rings is 2. The zero-order chi connectivity index (χ0) is 16.4. The number of aliphatic carboxylic acids is 1.